The lowest BCUT2D eigenvalue weighted by Crippen LogP contribution is -2.38. The maximum Gasteiger partial charge on any atom is 0.194 e. The van der Waals surface area contributed by atoms with Crippen LogP contribution in [0.25, 0.3) is 0 Å². The molecule has 0 saturated heterocycles. The van der Waals surface area contributed by atoms with Gasteiger partial charge in [-0.2, -0.15) is 0 Å². The van der Waals surface area contributed by atoms with E-state index in [1.165, 1.54) is 11.1 Å². The van der Waals surface area contributed by atoms with Gasteiger partial charge < -0.3 is 14.8 Å². The molecule has 0 aliphatic carbocycles. The van der Waals surface area contributed by atoms with Crippen LogP contribution in [0.15, 0.2) is 48.0 Å². The zero-order chi connectivity index (χ0) is 16.5. The molecule has 0 aliphatic heterocycles. The summed E-state index contributed by atoms with van der Waals surface area (Å²) in [5.74, 6) is 0.937. The van der Waals surface area contributed by atoms with E-state index in [9.17, 15) is 0 Å². The Bertz CT molecular complexity index is 592. The quantitative estimate of drug-likeness (QED) is 0.408. The molecule has 1 heterocycles. The number of nitrogens with one attached hydrogen (secondary N) is 1. The number of nitrogens with zero attached hydrogens (tertiary/aromatic N) is 4. The molecule has 1 aromatic heterocycles. The number of halogens is 1. The lowest BCUT2D eigenvalue weighted by molar-refractivity contribution is 0.475. The van der Waals surface area contributed by atoms with Crippen molar-refractivity contribution in [1.29, 1.82) is 0 Å². The number of benzene rings is 1. The van der Waals surface area contributed by atoms with Crippen molar-refractivity contribution in [2.24, 2.45) is 4.99 Å². The third-order valence-corrected chi connectivity index (χ3v) is 3.73. The van der Waals surface area contributed by atoms with Crippen LogP contribution in [0.4, 0.5) is 0 Å². The van der Waals surface area contributed by atoms with Gasteiger partial charge in [0.1, 0.15) is 0 Å². The highest BCUT2D eigenvalue weighted by Gasteiger charge is 2.06. The molecule has 0 bridgehead atoms. The molecule has 0 fully saturated rings. The first-order valence-electron chi connectivity index (χ1n) is 8.26. The molecule has 132 valence electrons. The summed E-state index contributed by atoms with van der Waals surface area (Å²) in [7, 11) is 2.08. The van der Waals surface area contributed by atoms with Gasteiger partial charge in [-0.3, -0.25) is 4.99 Å². The summed E-state index contributed by atoms with van der Waals surface area (Å²) in [6.45, 7) is 7.56. The SMILES string of the molecule is CCNC(=NCCn1ccnc1)N(C)Cc1ccc(CC)cc1.I. The van der Waals surface area contributed by atoms with E-state index in [-0.39, 0.29) is 24.0 Å². The summed E-state index contributed by atoms with van der Waals surface area (Å²) in [5, 5.41) is 3.36. The van der Waals surface area contributed by atoms with Crippen LogP contribution >= 0.6 is 24.0 Å². The Morgan fingerprint density at radius 1 is 1.21 bits per heavy atom. The second-order valence-corrected chi connectivity index (χ2v) is 5.56. The molecule has 2 rings (SSSR count). The van der Waals surface area contributed by atoms with Crippen LogP contribution in [-0.2, 0) is 19.5 Å². The summed E-state index contributed by atoms with van der Waals surface area (Å²) in [4.78, 5) is 10.9. The number of aromatic nitrogens is 2. The van der Waals surface area contributed by atoms with Crippen molar-refractivity contribution in [3.63, 3.8) is 0 Å². The van der Waals surface area contributed by atoms with E-state index in [2.05, 4.69) is 60.4 Å². The maximum absolute atomic E-state index is 4.70. The van der Waals surface area contributed by atoms with Gasteiger partial charge in [-0.1, -0.05) is 31.2 Å². The normalized spacial score (nSPS) is 11.0. The Kier molecular flexibility index (Phi) is 9.44. The largest absolute Gasteiger partial charge is 0.357 e. The predicted octanol–water partition coefficient (Wildman–Crippen LogP) is 3.16. The van der Waals surface area contributed by atoms with Gasteiger partial charge in [-0.05, 0) is 24.5 Å². The average molecular weight is 441 g/mol. The topological polar surface area (TPSA) is 45.5 Å². The number of hydrogen-bond acceptors (Lipinski definition) is 2. The first-order valence-corrected chi connectivity index (χ1v) is 8.26. The molecule has 1 aromatic carbocycles. The van der Waals surface area contributed by atoms with Crippen LogP contribution in [0, 0.1) is 0 Å². The molecule has 1 N–H and O–H groups in total. The number of hydrogen-bond donors (Lipinski definition) is 1. The average Bonchev–Trinajstić information content (AvgIpc) is 3.08. The molecule has 0 amide bonds. The number of aryl methyl sites for hydroxylation is 1. The Morgan fingerprint density at radius 3 is 2.50 bits per heavy atom. The van der Waals surface area contributed by atoms with Gasteiger partial charge in [0.2, 0.25) is 0 Å². The highest BCUT2D eigenvalue weighted by Crippen LogP contribution is 2.07. The predicted molar refractivity (Wildman–Crippen MR) is 111 cm³/mol. The van der Waals surface area contributed by atoms with Crippen molar-refractivity contribution in [2.75, 3.05) is 20.1 Å². The van der Waals surface area contributed by atoms with Crippen LogP contribution in [0.5, 0.6) is 0 Å². The van der Waals surface area contributed by atoms with Gasteiger partial charge in [0.25, 0.3) is 0 Å². The van der Waals surface area contributed by atoms with E-state index in [1.807, 2.05) is 17.1 Å². The first-order chi connectivity index (χ1) is 11.2. The minimum Gasteiger partial charge on any atom is -0.357 e. The fourth-order valence-electron chi connectivity index (χ4n) is 2.39. The Labute approximate surface area is 162 Å². The highest BCUT2D eigenvalue weighted by molar-refractivity contribution is 14.0. The molecule has 0 saturated carbocycles. The van der Waals surface area contributed by atoms with E-state index in [1.54, 1.807) is 6.20 Å². The molecule has 0 unspecified atom stereocenters. The van der Waals surface area contributed by atoms with Crippen molar-refractivity contribution < 1.29 is 0 Å². The number of imidazole rings is 1. The summed E-state index contributed by atoms with van der Waals surface area (Å²) < 4.78 is 2.04. The van der Waals surface area contributed by atoms with Crippen molar-refractivity contribution in [3.8, 4) is 0 Å². The van der Waals surface area contributed by atoms with Crippen molar-refractivity contribution in [1.82, 2.24) is 19.8 Å². The Hall–Kier alpha value is -1.57. The zero-order valence-corrected chi connectivity index (χ0v) is 17.1. The monoisotopic (exact) mass is 441 g/mol. The van der Waals surface area contributed by atoms with E-state index < -0.39 is 0 Å². The van der Waals surface area contributed by atoms with E-state index >= 15 is 0 Å². The van der Waals surface area contributed by atoms with Gasteiger partial charge in [0.15, 0.2) is 5.96 Å². The molecule has 5 nitrogen and oxygen atoms in total. The summed E-state index contributed by atoms with van der Waals surface area (Å²) >= 11 is 0. The van der Waals surface area contributed by atoms with Crippen LogP contribution < -0.4 is 5.32 Å². The molecule has 24 heavy (non-hydrogen) atoms. The Morgan fingerprint density at radius 2 is 1.92 bits per heavy atom. The molecular weight excluding hydrogens is 413 g/mol. The van der Waals surface area contributed by atoms with Crippen LogP contribution in [0.2, 0.25) is 0 Å². The molecule has 0 radical (unpaired) electrons. The molecule has 0 atom stereocenters. The summed E-state index contributed by atoms with van der Waals surface area (Å²) in [5.41, 5.74) is 2.67. The summed E-state index contributed by atoms with van der Waals surface area (Å²) in [6, 6.07) is 8.80. The minimum atomic E-state index is 0. The van der Waals surface area contributed by atoms with Crippen molar-refractivity contribution in [3.05, 3.63) is 54.1 Å². The maximum atomic E-state index is 4.70. The van der Waals surface area contributed by atoms with Crippen molar-refractivity contribution >= 4 is 29.9 Å². The van der Waals surface area contributed by atoms with Crippen LogP contribution in [0.1, 0.15) is 25.0 Å². The number of guanidine groups is 1. The van der Waals surface area contributed by atoms with Gasteiger partial charge >= 0.3 is 0 Å². The molecule has 6 heteroatoms. The van der Waals surface area contributed by atoms with Gasteiger partial charge in [0, 0.05) is 39.1 Å². The molecule has 0 spiro atoms. The number of aliphatic imine (C=N–C) groups is 1. The minimum absolute atomic E-state index is 0. The number of rotatable bonds is 7. The van der Waals surface area contributed by atoms with Gasteiger partial charge in [-0.25, -0.2) is 4.98 Å². The molecule has 2 aromatic rings. The Balaban J connectivity index is 0.00000288. The van der Waals surface area contributed by atoms with Crippen molar-refractivity contribution in [2.45, 2.75) is 33.4 Å². The van der Waals surface area contributed by atoms with E-state index in [0.717, 1.165) is 38.6 Å². The fraction of sp³-hybridized carbons (Fsp3) is 0.444. The third-order valence-electron chi connectivity index (χ3n) is 3.73. The van der Waals surface area contributed by atoms with E-state index in [0.29, 0.717) is 0 Å². The van der Waals surface area contributed by atoms with Crippen LogP contribution in [0.3, 0.4) is 0 Å². The molecule has 0 aliphatic rings. The lowest BCUT2D eigenvalue weighted by atomic mass is 10.1. The summed E-state index contributed by atoms with van der Waals surface area (Å²) in [6.07, 6.45) is 6.65. The van der Waals surface area contributed by atoms with E-state index in [4.69, 9.17) is 4.99 Å². The zero-order valence-electron chi connectivity index (χ0n) is 14.8. The lowest BCUT2D eigenvalue weighted by Gasteiger charge is -2.22. The third kappa shape index (κ3) is 6.51. The molecular formula is C18H28IN5. The smallest absolute Gasteiger partial charge is 0.194 e. The first kappa shape index (κ1) is 20.5. The second-order valence-electron chi connectivity index (χ2n) is 5.56. The standard InChI is InChI=1S/C18H27N5.HI/c1-4-16-6-8-17(9-7-16)14-22(3)18(20-5-2)21-11-13-23-12-10-19-15-23;/h6-10,12,15H,4-5,11,13-14H2,1-3H3,(H,20,21);1H. The van der Waals surface area contributed by atoms with Crippen LogP contribution in [-0.4, -0.2) is 40.5 Å². The van der Waals surface area contributed by atoms with Gasteiger partial charge in [0.05, 0.1) is 12.9 Å². The fourth-order valence-corrected chi connectivity index (χ4v) is 2.39. The van der Waals surface area contributed by atoms with Gasteiger partial charge in [-0.15, -0.1) is 24.0 Å². The highest BCUT2D eigenvalue weighted by atomic mass is 127. The second kappa shape index (κ2) is 11.1.